The molecule has 0 aromatic heterocycles. The van der Waals surface area contributed by atoms with Crippen LogP contribution in [0.2, 0.25) is 0 Å². The summed E-state index contributed by atoms with van der Waals surface area (Å²) in [6, 6.07) is 0.375. The average molecular weight is 272 g/mol. The third kappa shape index (κ3) is 2.28. The Hall–Kier alpha value is -0.620. The van der Waals surface area contributed by atoms with Crippen molar-refractivity contribution in [3.05, 3.63) is 0 Å². The van der Waals surface area contributed by atoms with Crippen molar-refractivity contribution < 1.29 is 13.2 Å². The van der Waals surface area contributed by atoms with Crippen molar-refractivity contribution in [2.24, 2.45) is 5.92 Å². The van der Waals surface area contributed by atoms with Crippen molar-refractivity contribution >= 4 is 15.9 Å². The molecule has 1 saturated carbocycles. The Morgan fingerprint density at radius 1 is 1.11 bits per heavy atom. The quantitative estimate of drug-likeness (QED) is 0.812. The fraction of sp³-hybridized carbons (Fsp3) is 0.917. The van der Waals surface area contributed by atoms with E-state index in [1.807, 2.05) is 0 Å². The van der Waals surface area contributed by atoms with Crippen molar-refractivity contribution in [3.63, 3.8) is 0 Å². The summed E-state index contributed by atoms with van der Waals surface area (Å²) in [5.74, 6) is 0.405. The topological polar surface area (TPSA) is 66.5 Å². The van der Waals surface area contributed by atoms with E-state index in [1.54, 1.807) is 4.31 Å². The molecule has 2 heterocycles. The highest BCUT2D eigenvalue weighted by Gasteiger charge is 2.46. The minimum absolute atomic E-state index is 0.100. The zero-order valence-corrected chi connectivity index (χ0v) is 11.4. The molecule has 0 unspecified atom stereocenters. The van der Waals surface area contributed by atoms with Gasteiger partial charge in [0.25, 0.3) is 0 Å². The number of sulfonamides is 1. The Bertz CT molecular complexity index is 444. The largest absolute Gasteiger partial charge is 0.353 e. The molecule has 1 amide bonds. The summed E-state index contributed by atoms with van der Waals surface area (Å²) in [5.41, 5.74) is 0. The summed E-state index contributed by atoms with van der Waals surface area (Å²) < 4.78 is 25.1. The van der Waals surface area contributed by atoms with E-state index in [-0.39, 0.29) is 30.0 Å². The Balaban J connectivity index is 1.66. The van der Waals surface area contributed by atoms with E-state index in [4.69, 9.17) is 0 Å². The molecule has 102 valence electrons. The number of nitrogens with one attached hydrogen (secondary N) is 1. The van der Waals surface area contributed by atoms with Gasteiger partial charge in [-0.3, -0.25) is 4.79 Å². The number of carbonyl (C=O) groups excluding carboxylic acids is 1. The van der Waals surface area contributed by atoms with Crippen molar-refractivity contribution in [1.29, 1.82) is 0 Å². The maximum absolute atomic E-state index is 11.7. The second kappa shape index (κ2) is 4.20. The van der Waals surface area contributed by atoms with Gasteiger partial charge in [-0.05, 0) is 38.5 Å². The van der Waals surface area contributed by atoms with E-state index in [0.29, 0.717) is 0 Å². The molecule has 5 nitrogen and oxygen atoms in total. The van der Waals surface area contributed by atoms with Crippen LogP contribution in [-0.4, -0.2) is 43.0 Å². The van der Waals surface area contributed by atoms with E-state index < -0.39 is 10.0 Å². The van der Waals surface area contributed by atoms with Crippen LogP contribution in [0.5, 0.6) is 0 Å². The standard InChI is InChI=1S/C12H20N2O3S/c1-18(16,17)14-10-4-5-11(14)7-9(6-10)13-12(15)8-2-3-8/h8-11H,2-7H2,1H3,(H,13,15)/t10-,11-/m0/s1. The first-order valence-corrected chi connectivity index (χ1v) is 8.59. The number of hydrogen-bond donors (Lipinski definition) is 1. The van der Waals surface area contributed by atoms with Gasteiger partial charge in [-0.25, -0.2) is 8.42 Å². The number of hydrogen-bond acceptors (Lipinski definition) is 3. The Labute approximate surface area is 108 Å². The highest BCUT2D eigenvalue weighted by molar-refractivity contribution is 7.88. The van der Waals surface area contributed by atoms with Crippen molar-refractivity contribution in [2.75, 3.05) is 6.26 Å². The summed E-state index contributed by atoms with van der Waals surface area (Å²) >= 11 is 0. The van der Waals surface area contributed by atoms with Crippen LogP contribution >= 0.6 is 0 Å². The normalized spacial score (nSPS) is 36.6. The molecule has 0 aromatic carbocycles. The van der Waals surface area contributed by atoms with Gasteiger partial charge >= 0.3 is 0 Å². The van der Waals surface area contributed by atoms with Crippen LogP contribution in [0.4, 0.5) is 0 Å². The van der Waals surface area contributed by atoms with E-state index in [2.05, 4.69) is 5.32 Å². The minimum atomic E-state index is -3.10. The van der Waals surface area contributed by atoms with Gasteiger partial charge in [0, 0.05) is 24.0 Å². The number of rotatable bonds is 3. The van der Waals surface area contributed by atoms with Gasteiger partial charge in [0.2, 0.25) is 15.9 Å². The smallest absolute Gasteiger partial charge is 0.223 e. The maximum Gasteiger partial charge on any atom is 0.223 e. The molecular weight excluding hydrogens is 252 g/mol. The molecule has 3 rings (SSSR count). The summed E-state index contributed by atoms with van der Waals surface area (Å²) in [7, 11) is -3.10. The Kier molecular flexibility index (Phi) is 2.90. The lowest BCUT2D eigenvalue weighted by atomic mass is 9.99. The van der Waals surface area contributed by atoms with Crippen LogP contribution in [-0.2, 0) is 14.8 Å². The molecule has 2 aliphatic heterocycles. The second-order valence-corrected chi connectivity index (χ2v) is 7.82. The lowest BCUT2D eigenvalue weighted by Gasteiger charge is -2.37. The zero-order valence-electron chi connectivity index (χ0n) is 10.6. The second-order valence-electron chi connectivity index (χ2n) is 5.93. The molecule has 2 atom stereocenters. The number of piperidine rings is 1. The molecule has 3 fully saturated rings. The van der Waals surface area contributed by atoms with Gasteiger partial charge in [-0.1, -0.05) is 0 Å². The third-order valence-electron chi connectivity index (χ3n) is 4.34. The molecule has 18 heavy (non-hydrogen) atoms. The number of carbonyl (C=O) groups is 1. The molecule has 1 N–H and O–H groups in total. The summed E-state index contributed by atoms with van der Waals surface area (Å²) in [6.07, 6.45) is 6.76. The molecule has 0 radical (unpaired) electrons. The SMILES string of the molecule is CS(=O)(=O)N1[C@H]2CC[C@H]1CC(NC(=O)C1CC1)C2. The van der Waals surface area contributed by atoms with Gasteiger partial charge in [0.05, 0.1) is 6.26 Å². The first kappa shape index (κ1) is 12.4. The Morgan fingerprint density at radius 2 is 1.67 bits per heavy atom. The van der Waals surface area contributed by atoms with Crippen LogP contribution in [0.1, 0.15) is 38.5 Å². The van der Waals surface area contributed by atoms with Crippen molar-refractivity contribution in [1.82, 2.24) is 9.62 Å². The first-order valence-electron chi connectivity index (χ1n) is 6.74. The van der Waals surface area contributed by atoms with Crippen LogP contribution in [0.15, 0.2) is 0 Å². The van der Waals surface area contributed by atoms with Crippen molar-refractivity contribution in [2.45, 2.75) is 56.7 Å². The predicted molar refractivity (Wildman–Crippen MR) is 67.4 cm³/mol. The fourth-order valence-corrected chi connectivity index (χ4v) is 4.92. The molecule has 2 bridgehead atoms. The van der Waals surface area contributed by atoms with Crippen LogP contribution in [0, 0.1) is 5.92 Å². The van der Waals surface area contributed by atoms with Crippen LogP contribution < -0.4 is 5.32 Å². The van der Waals surface area contributed by atoms with Gasteiger partial charge in [-0.2, -0.15) is 4.31 Å². The Morgan fingerprint density at radius 3 is 2.11 bits per heavy atom. The number of amides is 1. The van der Waals surface area contributed by atoms with E-state index in [9.17, 15) is 13.2 Å². The van der Waals surface area contributed by atoms with E-state index in [0.717, 1.165) is 38.5 Å². The van der Waals surface area contributed by atoms with Crippen LogP contribution in [0.3, 0.4) is 0 Å². The zero-order chi connectivity index (χ0) is 12.9. The van der Waals surface area contributed by atoms with E-state index >= 15 is 0 Å². The molecule has 0 aromatic rings. The molecular formula is C12H20N2O3S. The van der Waals surface area contributed by atoms with Crippen LogP contribution in [0.25, 0.3) is 0 Å². The lowest BCUT2D eigenvalue weighted by molar-refractivity contribution is -0.123. The predicted octanol–water partition coefficient (Wildman–Crippen LogP) is 0.468. The van der Waals surface area contributed by atoms with Gasteiger partial charge in [-0.15, -0.1) is 0 Å². The molecule has 0 spiro atoms. The fourth-order valence-electron chi connectivity index (χ4n) is 3.46. The highest BCUT2D eigenvalue weighted by atomic mass is 32.2. The summed E-state index contributed by atoms with van der Waals surface area (Å²) in [4.78, 5) is 11.7. The molecule has 3 aliphatic rings. The lowest BCUT2D eigenvalue weighted by Crippen LogP contribution is -2.52. The molecule has 2 saturated heterocycles. The van der Waals surface area contributed by atoms with E-state index in [1.165, 1.54) is 6.26 Å². The van der Waals surface area contributed by atoms with Crippen molar-refractivity contribution in [3.8, 4) is 0 Å². The van der Waals surface area contributed by atoms with Gasteiger partial charge < -0.3 is 5.32 Å². The average Bonchev–Trinajstić information content (AvgIpc) is 3.04. The highest BCUT2D eigenvalue weighted by Crippen LogP contribution is 2.38. The summed E-state index contributed by atoms with van der Waals surface area (Å²) in [6.45, 7) is 0. The molecule has 6 heteroatoms. The van der Waals surface area contributed by atoms with Gasteiger partial charge in [0.1, 0.15) is 0 Å². The minimum Gasteiger partial charge on any atom is -0.353 e. The number of nitrogens with zero attached hydrogens (tertiary/aromatic N) is 1. The first-order chi connectivity index (χ1) is 8.45. The summed E-state index contributed by atoms with van der Waals surface area (Å²) in [5, 5.41) is 3.09. The molecule has 1 aliphatic carbocycles. The maximum atomic E-state index is 11.7. The number of fused-ring (bicyclic) bond motifs is 2. The monoisotopic (exact) mass is 272 g/mol. The third-order valence-corrected chi connectivity index (χ3v) is 5.71. The van der Waals surface area contributed by atoms with Gasteiger partial charge in [0.15, 0.2) is 0 Å².